The highest BCUT2D eigenvalue weighted by Crippen LogP contribution is 2.22. The van der Waals surface area contributed by atoms with E-state index in [9.17, 15) is 0 Å². The monoisotopic (exact) mass is 268 g/mol. The Hall–Kier alpha value is -1.78. The van der Waals surface area contributed by atoms with Gasteiger partial charge in [-0.2, -0.15) is 0 Å². The van der Waals surface area contributed by atoms with E-state index in [-0.39, 0.29) is 0 Å². The van der Waals surface area contributed by atoms with Gasteiger partial charge in [0, 0.05) is 50.8 Å². The zero-order valence-electron chi connectivity index (χ0n) is 11.8. The Balaban J connectivity index is 1.77. The van der Waals surface area contributed by atoms with E-state index in [0.29, 0.717) is 6.04 Å². The van der Waals surface area contributed by atoms with Crippen LogP contribution in [0.5, 0.6) is 0 Å². The highest BCUT2D eigenvalue weighted by Gasteiger charge is 2.24. The molecule has 4 nitrogen and oxygen atoms in total. The van der Waals surface area contributed by atoms with Crippen LogP contribution in [-0.4, -0.2) is 34.5 Å². The van der Waals surface area contributed by atoms with Gasteiger partial charge in [0.25, 0.3) is 0 Å². The van der Waals surface area contributed by atoms with Gasteiger partial charge in [-0.1, -0.05) is 12.1 Å². The molecule has 0 bridgehead atoms. The number of nitrogens with zero attached hydrogens (tertiary/aromatic N) is 3. The Morgan fingerprint density at radius 1 is 1.30 bits per heavy atom. The summed E-state index contributed by atoms with van der Waals surface area (Å²) in [5.74, 6) is 0. The molecule has 0 aliphatic carbocycles. The molecule has 0 saturated carbocycles. The first-order valence-electron chi connectivity index (χ1n) is 7.09. The Morgan fingerprint density at radius 2 is 2.25 bits per heavy atom. The summed E-state index contributed by atoms with van der Waals surface area (Å²) >= 11 is 0. The maximum atomic E-state index is 4.52. The molecule has 1 unspecified atom stereocenters. The van der Waals surface area contributed by atoms with E-state index in [1.54, 1.807) is 0 Å². The van der Waals surface area contributed by atoms with Gasteiger partial charge in [-0.3, -0.25) is 14.9 Å². The summed E-state index contributed by atoms with van der Waals surface area (Å²) < 4.78 is 0. The molecular weight excluding hydrogens is 248 g/mol. The Labute approximate surface area is 119 Å². The predicted molar refractivity (Wildman–Crippen MR) is 79.2 cm³/mol. The van der Waals surface area contributed by atoms with Gasteiger partial charge < -0.3 is 5.32 Å². The smallest absolute Gasteiger partial charge is 0.0544 e. The molecule has 1 aliphatic rings. The molecule has 3 heterocycles. The highest BCUT2D eigenvalue weighted by molar-refractivity contribution is 5.17. The van der Waals surface area contributed by atoms with E-state index in [0.717, 1.165) is 31.9 Å². The summed E-state index contributed by atoms with van der Waals surface area (Å²) in [6.07, 6.45) is 5.73. The van der Waals surface area contributed by atoms with Gasteiger partial charge in [-0.25, -0.2) is 0 Å². The first-order valence-corrected chi connectivity index (χ1v) is 7.09. The molecule has 0 aromatic carbocycles. The summed E-state index contributed by atoms with van der Waals surface area (Å²) in [6.45, 7) is 6.00. The number of aromatic nitrogens is 2. The molecule has 1 N–H and O–H groups in total. The third-order valence-electron chi connectivity index (χ3n) is 3.76. The van der Waals surface area contributed by atoms with Crippen LogP contribution in [0.2, 0.25) is 0 Å². The van der Waals surface area contributed by atoms with E-state index in [4.69, 9.17) is 0 Å². The van der Waals surface area contributed by atoms with Crippen LogP contribution in [0, 0.1) is 6.92 Å². The lowest BCUT2D eigenvalue weighted by Gasteiger charge is -2.36. The zero-order chi connectivity index (χ0) is 13.8. The molecule has 1 fully saturated rings. The number of aryl methyl sites for hydroxylation is 1. The van der Waals surface area contributed by atoms with Crippen molar-refractivity contribution in [2.75, 3.05) is 19.6 Å². The average molecular weight is 268 g/mol. The second-order valence-electron chi connectivity index (χ2n) is 5.30. The molecule has 2 aromatic rings. The maximum absolute atomic E-state index is 4.52. The van der Waals surface area contributed by atoms with Gasteiger partial charge in [-0.05, 0) is 30.2 Å². The van der Waals surface area contributed by atoms with Crippen molar-refractivity contribution in [3.8, 4) is 0 Å². The molecule has 1 aliphatic heterocycles. The first kappa shape index (κ1) is 13.2. The van der Waals surface area contributed by atoms with Crippen LogP contribution in [0.15, 0.2) is 42.9 Å². The summed E-state index contributed by atoms with van der Waals surface area (Å²) in [7, 11) is 0. The summed E-state index contributed by atoms with van der Waals surface area (Å²) in [5, 5.41) is 3.47. The van der Waals surface area contributed by atoms with Crippen molar-refractivity contribution in [2.45, 2.75) is 19.5 Å². The van der Waals surface area contributed by atoms with Crippen molar-refractivity contribution in [2.24, 2.45) is 0 Å². The van der Waals surface area contributed by atoms with Crippen molar-refractivity contribution in [1.82, 2.24) is 20.2 Å². The largest absolute Gasteiger partial charge is 0.314 e. The quantitative estimate of drug-likeness (QED) is 0.923. The number of hydrogen-bond acceptors (Lipinski definition) is 4. The Bertz CT molecular complexity index is 538. The number of piperazine rings is 1. The normalized spacial score (nSPS) is 19.9. The van der Waals surface area contributed by atoms with E-state index in [1.807, 2.05) is 24.7 Å². The fourth-order valence-corrected chi connectivity index (χ4v) is 2.64. The Morgan fingerprint density at radius 3 is 3.00 bits per heavy atom. The van der Waals surface area contributed by atoms with Gasteiger partial charge in [0.2, 0.25) is 0 Å². The van der Waals surface area contributed by atoms with Gasteiger partial charge in [0.05, 0.1) is 5.69 Å². The van der Waals surface area contributed by atoms with E-state index < -0.39 is 0 Å². The molecule has 3 rings (SSSR count). The van der Waals surface area contributed by atoms with Crippen LogP contribution in [0.3, 0.4) is 0 Å². The number of hydrogen-bond donors (Lipinski definition) is 1. The molecule has 0 spiro atoms. The first-order chi connectivity index (χ1) is 9.83. The SMILES string of the molecule is Cc1ccc(CN2CCNCC2c2cccnc2)nc1. The van der Waals surface area contributed by atoms with Gasteiger partial charge in [0.1, 0.15) is 0 Å². The molecule has 2 aromatic heterocycles. The molecule has 104 valence electrons. The van der Waals surface area contributed by atoms with Crippen LogP contribution in [0.1, 0.15) is 22.9 Å². The lowest BCUT2D eigenvalue weighted by molar-refractivity contribution is 0.151. The Kier molecular flexibility index (Phi) is 4.04. The van der Waals surface area contributed by atoms with Crippen molar-refractivity contribution in [1.29, 1.82) is 0 Å². The van der Waals surface area contributed by atoms with E-state index in [2.05, 4.69) is 45.3 Å². The van der Waals surface area contributed by atoms with Crippen molar-refractivity contribution >= 4 is 0 Å². The van der Waals surface area contributed by atoms with Crippen LogP contribution in [0.25, 0.3) is 0 Å². The van der Waals surface area contributed by atoms with Gasteiger partial charge in [-0.15, -0.1) is 0 Å². The lowest BCUT2D eigenvalue weighted by Crippen LogP contribution is -2.45. The van der Waals surface area contributed by atoms with Crippen LogP contribution in [0.4, 0.5) is 0 Å². The van der Waals surface area contributed by atoms with Gasteiger partial charge >= 0.3 is 0 Å². The fraction of sp³-hybridized carbons (Fsp3) is 0.375. The van der Waals surface area contributed by atoms with Crippen LogP contribution >= 0.6 is 0 Å². The van der Waals surface area contributed by atoms with Crippen molar-refractivity contribution < 1.29 is 0 Å². The topological polar surface area (TPSA) is 41.0 Å². The number of pyridine rings is 2. The summed E-state index contributed by atoms with van der Waals surface area (Å²) in [6, 6.07) is 8.79. The van der Waals surface area contributed by atoms with E-state index in [1.165, 1.54) is 11.1 Å². The third-order valence-corrected chi connectivity index (χ3v) is 3.76. The lowest BCUT2D eigenvalue weighted by atomic mass is 10.1. The second-order valence-corrected chi connectivity index (χ2v) is 5.30. The zero-order valence-corrected chi connectivity index (χ0v) is 11.8. The van der Waals surface area contributed by atoms with Crippen molar-refractivity contribution in [3.63, 3.8) is 0 Å². The molecule has 20 heavy (non-hydrogen) atoms. The third kappa shape index (κ3) is 3.03. The van der Waals surface area contributed by atoms with Crippen LogP contribution in [-0.2, 0) is 6.54 Å². The molecule has 4 heteroatoms. The minimum atomic E-state index is 0.376. The standard InChI is InChI=1S/C16H20N4/c1-13-4-5-15(19-9-13)12-20-8-7-18-11-16(20)14-3-2-6-17-10-14/h2-6,9-10,16,18H,7-8,11-12H2,1H3. The number of nitrogens with one attached hydrogen (secondary N) is 1. The fourth-order valence-electron chi connectivity index (χ4n) is 2.64. The molecule has 0 radical (unpaired) electrons. The minimum Gasteiger partial charge on any atom is -0.314 e. The molecule has 1 saturated heterocycles. The van der Waals surface area contributed by atoms with Crippen LogP contribution < -0.4 is 5.32 Å². The van der Waals surface area contributed by atoms with Crippen molar-refractivity contribution in [3.05, 3.63) is 59.7 Å². The molecular formula is C16H20N4. The number of rotatable bonds is 3. The second kappa shape index (κ2) is 6.11. The highest BCUT2D eigenvalue weighted by atomic mass is 15.2. The maximum Gasteiger partial charge on any atom is 0.0544 e. The van der Waals surface area contributed by atoms with Gasteiger partial charge in [0.15, 0.2) is 0 Å². The summed E-state index contributed by atoms with van der Waals surface area (Å²) in [5.41, 5.74) is 3.61. The summed E-state index contributed by atoms with van der Waals surface area (Å²) in [4.78, 5) is 11.2. The average Bonchev–Trinajstić information content (AvgIpc) is 2.51. The molecule has 1 atom stereocenters. The minimum absolute atomic E-state index is 0.376. The predicted octanol–water partition coefficient (Wildman–Crippen LogP) is 1.93. The van der Waals surface area contributed by atoms with E-state index >= 15 is 0 Å². The molecule has 0 amide bonds.